The van der Waals surface area contributed by atoms with Crippen LogP contribution in [0.1, 0.15) is 20.3 Å². The molecule has 0 bridgehead atoms. The van der Waals surface area contributed by atoms with E-state index in [4.69, 9.17) is 4.74 Å². The van der Waals surface area contributed by atoms with Crippen LogP contribution in [-0.2, 0) is 11.3 Å². The fraction of sp³-hybridized carbons (Fsp3) is 0.429. The van der Waals surface area contributed by atoms with Crippen molar-refractivity contribution < 1.29 is 9.53 Å². The van der Waals surface area contributed by atoms with Crippen molar-refractivity contribution in [1.82, 2.24) is 29.6 Å². The first-order valence-corrected chi connectivity index (χ1v) is 10.1. The lowest BCUT2D eigenvalue weighted by Crippen LogP contribution is -2.35. The Labute approximate surface area is 175 Å². The average Bonchev–Trinajstić information content (AvgIpc) is 3.21. The van der Waals surface area contributed by atoms with E-state index in [1.807, 2.05) is 24.3 Å². The number of methoxy groups -OCH3 is 1. The molecular weight excluding hydrogens is 384 g/mol. The van der Waals surface area contributed by atoms with Crippen LogP contribution in [0.15, 0.2) is 41.5 Å². The molecule has 9 heteroatoms. The summed E-state index contributed by atoms with van der Waals surface area (Å²) in [4.78, 5) is 27.2. The topological polar surface area (TPSA) is 93.8 Å². The van der Waals surface area contributed by atoms with E-state index in [-0.39, 0.29) is 18.0 Å². The van der Waals surface area contributed by atoms with Crippen molar-refractivity contribution in [3.63, 3.8) is 0 Å². The number of amides is 1. The molecule has 1 amide bonds. The van der Waals surface area contributed by atoms with E-state index in [0.717, 1.165) is 42.0 Å². The number of nitrogens with zero attached hydrogens (tertiary/aromatic N) is 5. The molecule has 0 unspecified atom stereocenters. The minimum atomic E-state index is -0.358. The third-order valence-corrected chi connectivity index (χ3v) is 5.04. The number of aromatic nitrogens is 4. The Kier molecular flexibility index (Phi) is 7.18. The molecule has 3 aromatic rings. The van der Waals surface area contributed by atoms with Crippen LogP contribution in [0.4, 0.5) is 0 Å². The molecule has 0 saturated heterocycles. The Bertz CT molecular complexity index is 1040. The Balaban J connectivity index is 1.66. The molecule has 0 aliphatic carbocycles. The molecular formula is C21H28N6O3. The Morgan fingerprint density at radius 3 is 2.60 bits per heavy atom. The van der Waals surface area contributed by atoms with E-state index in [0.29, 0.717) is 17.8 Å². The van der Waals surface area contributed by atoms with Gasteiger partial charge in [-0.25, -0.2) is 9.20 Å². The van der Waals surface area contributed by atoms with Gasteiger partial charge in [0.05, 0.1) is 12.8 Å². The van der Waals surface area contributed by atoms with E-state index in [1.165, 1.54) is 10.8 Å². The molecule has 0 fully saturated rings. The van der Waals surface area contributed by atoms with Gasteiger partial charge in [0.15, 0.2) is 0 Å². The smallest absolute Gasteiger partial charge is 0.293 e. The average molecular weight is 412 g/mol. The molecule has 0 radical (unpaired) electrons. The van der Waals surface area contributed by atoms with Gasteiger partial charge in [0.25, 0.3) is 5.56 Å². The number of carbonyl (C=O) groups is 1. The summed E-state index contributed by atoms with van der Waals surface area (Å²) in [5, 5.41) is 11.3. The van der Waals surface area contributed by atoms with Crippen LogP contribution in [0.3, 0.4) is 0 Å². The number of benzene rings is 1. The van der Waals surface area contributed by atoms with Gasteiger partial charge >= 0.3 is 0 Å². The normalized spacial score (nSPS) is 11.2. The van der Waals surface area contributed by atoms with Crippen molar-refractivity contribution >= 4 is 11.4 Å². The summed E-state index contributed by atoms with van der Waals surface area (Å²) in [7, 11) is 1.61. The van der Waals surface area contributed by atoms with Crippen LogP contribution in [0.2, 0.25) is 0 Å². The van der Waals surface area contributed by atoms with Gasteiger partial charge in [0.1, 0.15) is 24.1 Å². The van der Waals surface area contributed by atoms with E-state index in [1.54, 1.807) is 13.2 Å². The maximum Gasteiger partial charge on any atom is 0.293 e. The lowest BCUT2D eigenvalue weighted by atomic mass is 10.1. The number of nitrogens with one attached hydrogen (secondary N) is 1. The summed E-state index contributed by atoms with van der Waals surface area (Å²) in [6.07, 6.45) is 2.31. The zero-order valence-electron chi connectivity index (χ0n) is 17.7. The zero-order chi connectivity index (χ0) is 21.5. The fourth-order valence-electron chi connectivity index (χ4n) is 3.22. The number of rotatable bonds is 10. The lowest BCUT2D eigenvalue weighted by molar-refractivity contribution is -0.121. The first kappa shape index (κ1) is 21.5. The van der Waals surface area contributed by atoms with Gasteiger partial charge in [-0.2, -0.15) is 10.2 Å². The molecule has 9 nitrogen and oxygen atoms in total. The summed E-state index contributed by atoms with van der Waals surface area (Å²) >= 11 is 0. The Hall–Kier alpha value is -3.20. The highest BCUT2D eigenvalue weighted by molar-refractivity contribution is 5.75. The Morgan fingerprint density at radius 1 is 1.20 bits per heavy atom. The lowest BCUT2D eigenvalue weighted by Gasteiger charge is -2.17. The summed E-state index contributed by atoms with van der Waals surface area (Å²) in [6, 6.07) is 9.11. The number of hydrogen-bond acceptors (Lipinski definition) is 6. The number of hydrogen-bond donors (Lipinski definition) is 1. The standard InChI is InChI=1S/C21H28N6O3/c1-4-25(5-2)12-6-11-22-20(28)14-26-21(29)19-13-18(24-27(19)15-23-26)16-7-9-17(30-3)10-8-16/h7-10,13,15H,4-6,11-12,14H2,1-3H3,(H,22,28). The van der Waals surface area contributed by atoms with E-state index < -0.39 is 0 Å². The predicted octanol–water partition coefficient (Wildman–Crippen LogP) is 1.41. The second-order valence-electron chi connectivity index (χ2n) is 6.91. The molecule has 2 aromatic heterocycles. The van der Waals surface area contributed by atoms with Crippen LogP contribution in [0.5, 0.6) is 5.75 Å². The highest BCUT2D eigenvalue weighted by Gasteiger charge is 2.12. The van der Waals surface area contributed by atoms with E-state index in [9.17, 15) is 9.59 Å². The second kappa shape index (κ2) is 10.0. The monoisotopic (exact) mass is 412 g/mol. The fourth-order valence-corrected chi connectivity index (χ4v) is 3.22. The van der Waals surface area contributed by atoms with Gasteiger partial charge in [-0.1, -0.05) is 13.8 Å². The highest BCUT2D eigenvalue weighted by atomic mass is 16.5. The minimum Gasteiger partial charge on any atom is -0.497 e. The third-order valence-electron chi connectivity index (χ3n) is 5.04. The van der Waals surface area contributed by atoms with Gasteiger partial charge in [0.2, 0.25) is 5.91 Å². The molecule has 3 rings (SSSR count). The van der Waals surface area contributed by atoms with Gasteiger partial charge in [-0.15, -0.1) is 0 Å². The van der Waals surface area contributed by atoms with Crippen LogP contribution in [-0.4, -0.2) is 63.5 Å². The van der Waals surface area contributed by atoms with Gasteiger partial charge in [0, 0.05) is 12.1 Å². The summed E-state index contributed by atoms with van der Waals surface area (Å²) in [5.41, 5.74) is 1.51. The van der Waals surface area contributed by atoms with Crippen LogP contribution >= 0.6 is 0 Å². The molecule has 2 heterocycles. The van der Waals surface area contributed by atoms with Crippen LogP contribution in [0, 0.1) is 0 Å². The van der Waals surface area contributed by atoms with E-state index in [2.05, 4.69) is 34.3 Å². The van der Waals surface area contributed by atoms with E-state index >= 15 is 0 Å². The molecule has 0 aliphatic rings. The summed E-state index contributed by atoms with van der Waals surface area (Å²) in [5.74, 6) is 0.512. The quantitative estimate of drug-likeness (QED) is 0.506. The number of carbonyl (C=O) groups excluding carboxylic acids is 1. The first-order chi connectivity index (χ1) is 14.5. The summed E-state index contributed by atoms with van der Waals surface area (Å²) in [6.45, 7) is 7.60. The van der Waals surface area contributed by atoms with Crippen molar-refractivity contribution in [2.75, 3.05) is 33.3 Å². The predicted molar refractivity (Wildman–Crippen MR) is 115 cm³/mol. The largest absolute Gasteiger partial charge is 0.497 e. The SMILES string of the molecule is CCN(CC)CCCNC(=O)Cn1ncn2nc(-c3ccc(OC)cc3)cc2c1=O. The molecule has 0 atom stereocenters. The number of ether oxygens (including phenoxy) is 1. The van der Waals surface area contributed by atoms with Crippen molar-refractivity contribution in [1.29, 1.82) is 0 Å². The number of fused-ring (bicyclic) bond motifs is 1. The maximum absolute atomic E-state index is 12.7. The maximum atomic E-state index is 12.7. The van der Waals surface area contributed by atoms with Gasteiger partial charge < -0.3 is 15.0 Å². The molecule has 1 N–H and O–H groups in total. The van der Waals surface area contributed by atoms with Crippen LogP contribution in [0.25, 0.3) is 16.8 Å². The second-order valence-corrected chi connectivity index (χ2v) is 6.91. The molecule has 0 spiro atoms. The molecule has 1 aromatic carbocycles. The molecule has 30 heavy (non-hydrogen) atoms. The van der Waals surface area contributed by atoms with Crippen molar-refractivity contribution in [3.05, 3.63) is 47.0 Å². The van der Waals surface area contributed by atoms with Crippen molar-refractivity contribution in [2.45, 2.75) is 26.8 Å². The minimum absolute atomic E-state index is 0.121. The van der Waals surface area contributed by atoms with Gasteiger partial charge in [-0.05, 0) is 56.4 Å². The molecule has 0 saturated carbocycles. The third kappa shape index (κ3) is 5.04. The van der Waals surface area contributed by atoms with Crippen molar-refractivity contribution in [3.8, 4) is 17.0 Å². The highest BCUT2D eigenvalue weighted by Crippen LogP contribution is 2.21. The van der Waals surface area contributed by atoms with Crippen molar-refractivity contribution in [2.24, 2.45) is 0 Å². The van der Waals surface area contributed by atoms with Gasteiger partial charge in [-0.3, -0.25) is 9.59 Å². The Morgan fingerprint density at radius 2 is 1.93 bits per heavy atom. The van der Waals surface area contributed by atoms with Crippen LogP contribution < -0.4 is 15.6 Å². The summed E-state index contributed by atoms with van der Waals surface area (Å²) < 4.78 is 7.76. The zero-order valence-corrected chi connectivity index (χ0v) is 17.7. The molecule has 0 aliphatic heterocycles. The first-order valence-electron chi connectivity index (χ1n) is 10.1. The molecule has 160 valence electrons.